The molecule has 0 spiro atoms. The molecule has 0 aliphatic rings. The van der Waals surface area contributed by atoms with Gasteiger partial charge in [-0.3, -0.25) is 0 Å². The topological polar surface area (TPSA) is 0 Å². The predicted octanol–water partition coefficient (Wildman–Crippen LogP) is -0.0150. The summed E-state index contributed by atoms with van der Waals surface area (Å²) in [5, 5.41) is 0. The molecule has 0 N–H and O–H groups in total. The zero-order valence-electron chi connectivity index (χ0n) is 1.99. The van der Waals surface area contributed by atoms with Crippen LogP contribution in [0, 0.1) is 0 Å². The molecule has 0 bridgehead atoms. The molecule has 0 fully saturated rings. The SMILES string of the molecule is [Ag].[Ir].[Os].[Pd].[Rh].[Ru]. The van der Waals surface area contributed by atoms with Crippen molar-refractivity contribution < 1.29 is 122 Å². The van der Waals surface area contributed by atoms with E-state index in [1.54, 1.807) is 0 Å². The smallest absolute Gasteiger partial charge is 0 e. The van der Waals surface area contributed by atoms with Crippen LogP contribution in [-0.2, 0) is 122 Å². The van der Waals surface area contributed by atoms with Crippen molar-refractivity contribution in [3.05, 3.63) is 0 Å². The minimum atomic E-state index is 0. The van der Waals surface area contributed by atoms with Gasteiger partial charge in [-0.15, -0.1) is 0 Å². The van der Waals surface area contributed by atoms with Crippen LogP contribution >= 0.6 is 0 Å². The molecule has 0 aliphatic heterocycles. The van der Waals surface area contributed by atoms with Crippen molar-refractivity contribution in [1.29, 1.82) is 0 Å². The fourth-order valence-corrected chi connectivity index (χ4v) is 0. The second-order valence-corrected chi connectivity index (χ2v) is 0. The van der Waals surface area contributed by atoms with E-state index in [0.29, 0.717) is 0 Å². The first-order valence-electron chi connectivity index (χ1n) is 0. The third-order valence-corrected chi connectivity index (χ3v) is 0. The maximum atomic E-state index is 0. The monoisotopic (exact) mass is 803 g/mol. The molecule has 3 radical (unpaired) electrons. The molecule has 6 heteroatoms. The summed E-state index contributed by atoms with van der Waals surface area (Å²) < 4.78 is 0. The van der Waals surface area contributed by atoms with Crippen LogP contribution in [0.2, 0.25) is 0 Å². The second-order valence-electron chi connectivity index (χ2n) is 0. The van der Waals surface area contributed by atoms with E-state index in [-0.39, 0.29) is 122 Å². The molecule has 0 aromatic rings. The van der Waals surface area contributed by atoms with Gasteiger partial charge in [0, 0.05) is 122 Å². The van der Waals surface area contributed by atoms with E-state index in [1.165, 1.54) is 0 Å². The first-order chi connectivity index (χ1) is 0. The van der Waals surface area contributed by atoms with E-state index < -0.39 is 0 Å². The van der Waals surface area contributed by atoms with E-state index in [4.69, 9.17) is 0 Å². The Kier molecular flexibility index (Phi) is 310. The molecule has 0 nitrogen and oxygen atoms in total. The summed E-state index contributed by atoms with van der Waals surface area (Å²) >= 11 is 0. The van der Waals surface area contributed by atoms with Gasteiger partial charge < -0.3 is 0 Å². The van der Waals surface area contributed by atoms with Gasteiger partial charge in [0.2, 0.25) is 0 Å². The van der Waals surface area contributed by atoms with Crippen LogP contribution in [-0.4, -0.2) is 0 Å². The molecule has 0 saturated heterocycles. The third-order valence-electron chi connectivity index (χ3n) is 0. The Morgan fingerprint density at radius 2 is 1.00 bits per heavy atom. The van der Waals surface area contributed by atoms with Gasteiger partial charge in [0.05, 0.1) is 0 Å². The maximum absolute atomic E-state index is 0. The first-order valence-corrected chi connectivity index (χ1v) is 0. The maximum Gasteiger partial charge on any atom is 0 e. The van der Waals surface area contributed by atoms with E-state index >= 15 is 0 Å². The van der Waals surface area contributed by atoms with E-state index in [2.05, 4.69) is 0 Å². The average molecular weight is 801 g/mol. The summed E-state index contributed by atoms with van der Waals surface area (Å²) in [7, 11) is 0. The van der Waals surface area contributed by atoms with Gasteiger partial charge in [-0.2, -0.15) is 0 Å². The molecule has 0 unspecified atom stereocenters. The Bertz CT molecular complexity index is 15.5. The van der Waals surface area contributed by atoms with Gasteiger partial charge >= 0.3 is 0 Å². The number of hydrogen-bond donors (Lipinski definition) is 0. The number of hydrogen-bond acceptors (Lipinski definition) is 0. The van der Waals surface area contributed by atoms with Crippen molar-refractivity contribution in [2.24, 2.45) is 0 Å². The zero-order chi connectivity index (χ0) is 0. The molecule has 0 atom stereocenters. The van der Waals surface area contributed by atoms with Crippen molar-refractivity contribution in [1.82, 2.24) is 0 Å². The summed E-state index contributed by atoms with van der Waals surface area (Å²) in [5.74, 6) is 0. The summed E-state index contributed by atoms with van der Waals surface area (Å²) in [6.45, 7) is 0. The Morgan fingerprint density at radius 1 is 1.00 bits per heavy atom. The summed E-state index contributed by atoms with van der Waals surface area (Å²) in [6.07, 6.45) is 0. The van der Waals surface area contributed by atoms with Crippen LogP contribution in [0.25, 0.3) is 0 Å². The molecule has 6 heavy (non-hydrogen) atoms. The fourth-order valence-electron chi connectivity index (χ4n) is 0. The molecule has 0 heterocycles. The van der Waals surface area contributed by atoms with E-state index in [0.717, 1.165) is 0 Å². The van der Waals surface area contributed by atoms with Gasteiger partial charge in [0.1, 0.15) is 0 Å². The van der Waals surface area contributed by atoms with Crippen molar-refractivity contribution >= 4 is 0 Å². The average Bonchev–Trinajstić information content (AvgIpc) is 0. The van der Waals surface area contributed by atoms with E-state index in [9.17, 15) is 0 Å². The van der Waals surface area contributed by atoms with Gasteiger partial charge in [-0.1, -0.05) is 0 Å². The zero-order valence-corrected chi connectivity index (χ0v) is 13.3. The summed E-state index contributed by atoms with van der Waals surface area (Å²) in [4.78, 5) is 0. The molecule has 0 aliphatic carbocycles. The van der Waals surface area contributed by atoms with Gasteiger partial charge in [0.25, 0.3) is 0 Å². The quantitative estimate of drug-likeness (QED) is 0.303. The van der Waals surface area contributed by atoms with Crippen LogP contribution in [0.1, 0.15) is 0 Å². The second kappa shape index (κ2) is 36.3. The van der Waals surface area contributed by atoms with Crippen molar-refractivity contribution in [2.45, 2.75) is 0 Å². The van der Waals surface area contributed by atoms with Crippen LogP contribution in [0.5, 0.6) is 0 Å². The fraction of sp³-hybridized carbons (Fsp3) is 0. The van der Waals surface area contributed by atoms with Crippen molar-refractivity contribution in [3.8, 4) is 0 Å². The molecule has 0 aromatic carbocycles. The van der Waals surface area contributed by atoms with E-state index in [1.807, 2.05) is 0 Å². The van der Waals surface area contributed by atoms with Crippen LogP contribution in [0.4, 0.5) is 0 Å². The van der Waals surface area contributed by atoms with Gasteiger partial charge in [0.15, 0.2) is 0 Å². The molecule has 0 saturated carbocycles. The van der Waals surface area contributed by atoms with Gasteiger partial charge in [-0.25, -0.2) is 0 Å². The van der Waals surface area contributed by atoms with Crippen molar-refractivity contribution in [2.75, 3.05) is 0 Å². The minimum Gasteiger partial charge on any atom is 0 e. The molecular formula is AgIrOsPdRhRu. The largest absolute Gasteiger partial charge is 0 e. The third kappa shape index (κ3) is 24.6. The van der Waals surface area contributed by atoms with Crippen molar-refractivity contribution in [3.63, 3.8) is 0 Å². The van der Waals surface area contributed by atoms with Gasteiger partial charge in [-0.05, 0) is 0 Å². The Hall–Kier alpha value is 3.94. The van der Waals surface area contributed by atoms with Crippen LogP contribution in [0.15, 0.2) is 0 Å². The number of rotatable bonds is 0. The summed E-state index contributed by atoms with van der Waals surface area (Å²) in [6, 6.07) is 0. The molecular weight excluding hydrogens is 801 g/mol. The summed E-state index contributed by atoms with van der Waals surface area (Å²) in [5.41, 5.74) is 0. The normalized spacial score (nSPS) is 0. The molecule has 0 amide bonds. The Morgan fingerprint density at radius 3 is 1.00 bits per heavy atom. The molecule has 0 rings (SSSR count). The van der Waals surface area contributed by atoms with Crippen LogP contribution in [0.3, 0.4) is 0 Å². The molecule has 55 valence electrons. The predicted molar refractivity (Wildman–Crippen MR) is 0 cm³/mol. The van der Waals surface area contributed by atoms with Crippen LogP contribution < -0.4 is 0 Å². The Labute approximate surface area is 119 Å². The first kappa shape index (κ1) is 51.2. The Balaban J connectivity index is 0. The molecule has 0 aromatic heterocycles. The standard InChI is InChI=1S/Ag.Ir.Os.Pd.Rh.Ru. The minimum absolute atomic E-state index is 0.